The van der Waals surface area contributed by atoms with Crippen molar-refractivity contribution in [2.75, 3.05) is 5.32 Å². The van der Waals surface area contributed by atoms with Crippen LogP contribution in [0.2, 0.25) is 0 Å². The summed E-state index contributed by atoms with van der Waals surface area (Å²) in [4.78, 5) is 11.0. The molecule has 1 amide bonds. The van der Waals surface area contributed by atoms with Crippen LogP contribution in [0.5, 0.6) is 0 Å². The third kappa shape index (κ3) is 3.20. The Balaban J connectivity index is 3.38. The van der Waals surface area contributed by atoms with E-state index in [0.717, 1.165) is 17.6 Å². The van der Waals surface area contributed by atoms with Crippen molar-refractivity contribution < 1.29 is 17.8 Å². The van der Waals surface area contributed by atoms with E-state index in [4.69, 9.17) is 10.4 Å². The Hall–Kier alpha value is -1.55. The number of hydrazine groups is 1. The van der Waals surface area contributed by atoms with E-state index in [-0.39, 0.29) is 11.3 Å². The molecule has 0 bridgehead atoms. The van der Waals surface area contributed by atoms with E-state index in [1.165, 1.54) is 6.07 Å². The van der Waals surface area contributed by atoms with Crippen molar-refractivity contribution >= 4 is 39.4 Å². The van der Waals surface area contributed by atoms with Crippen molar-refractivity contribution in [3.05, 3.63) is 23.8 Å². The fourth-order valence-corrected chi connectivity index (χ4v) is 1.77. The van der Waals surface area contributed by atoms with Gasteiger partial charge in [-0.2, -0.15) is 8.42 Å². The molecule has 0 radical (unpaired) electrons. The summed E-state index contributed by atoms with van der Waals surface area (Å²) in [5, 5.41) is 2.57. The molecule has 5 N–H and O–H groups in total. The molecule has 0 spiro atoms. The van der Waals surface area contributed by atoms with Gasteiger partial charge in [-0.25, -0.2) is 5.84 Å². The summed E-state index contributed by atoms with van der Waals surface area (Å²) in [5.74, 6) is 4.24. The van der Waals surface area contributed by atoms with Crippen LogP contribution >= 0.6 is 12.2 Å². The number of hydrogen-bond acceptors (Lipinski definition) is 5. The smallest absolute Gasteiger partial charge is 0.294 e. The second kappa shape index (κ2) is 5.19. The zero-order valence-corrected chi connectivity index (χ0v) is 10.0. The van der Waals surface area contributed by atoms with Crippen LogP contribution in [0, 0.1) is 0 Å². The van der Waals surface area contributed by atoms with E-state index in [1.807, 2.05) is 5.43 Å². The Labute approximate surface area is 103 Å². The number of benzene rings is 1. The SMILES string of the molecule is NNC(=O)c1cc(S(=O)(=O)O)ccc1NC=S. The predicted molar refractivity (Wildman–Crippen MR) is 65.2 cm³/mol. The molecule has 7 nitrogen and oxygen atoms in total. The highest BCUT2D eigenvalue weighted by Crippen LogP contribution is 2.20. The van der Waals surface area contributed by atoms with Gasteiger partial charge in [-0.05, 0) is 18.2 Å². The Morgan fingerprint density at radius 1 is 1.47 bits per heavy atom. The molecule has 0 aliphatic carbocycles. The monoisotopic (exact) mass is 275 g/mol. The summed E-state index contributed by atoms with van der Waals surface area (Å²) in [5.41, 5.74) is 3.23. The van der Waals surface area contributed by atoms with Crippen molar-refractivity contribution in [1.29, 1.82) is 0 Å². The van der Waals surface area contributed by atoms with E-state index < -0.39 is 20.9 Å². The Morgan fingerprint density at radius 3 is 2.59 bits per heavy atom. The first-order chi connectivity index (χ1) is 7.90. The lowest BCUT2D eigenvalue weighted by molar-refractivity contribution is 0.0954. The maximum absolute atomic E-state index is 11.4. The Bertz CT molecular complexity index is 556. The number of nitrogens with two attached hydrogens (primary N) is 1. The molecule has 9 heteroatoms. The van der Waals surface area contributed by atoms with Crippen LogP contribution in [-0.4, -0.2) is 24.4 Å². The highest BCUT2D eigenvalue weighted by Gasteiger charge is 2.16. The van der Waals surface area contributed by atoms with E-state index in [9.17, 15) is 13.2 Å². The predicted octanol–water partition coefficient (Wildman–Crippen LogP) is -0.0941. The minimum atomic E-state index is -4.38. The minimum absolute atomic E-state index is 0.0521. The molecule has 92 valence electrons. The largest absolute Gasteiger partial charge is 0.352 e. The van der Waals surface area contributed by atoms with Gasteiger partial charge in [0.2, 0.25) is 0 Å². The maximum Gasteiger partial charge on any atom is 0.294 e. The average Bonchev–Trinajstić information content (AvgIpc) is 2.27. The van der Waals surface area contributed by atoms with Gasteiger partial charge in [0, 0.05) is 0 Å². The summed E-state index contributed by atoms with van der Waals surface area (Å²) >= 11 is 4.56. The van der Waals surface area contributed by atoms with Crippen molar-refractivity contribution in [3.63, 3.8) is 0 Å². The lowest BCUT2D eigenvalue weighted by Gasteiger charge is -2.08. The van der Waals surface area contributed by atoms with E-state index in [0.29, 0.717) is 0 Å². The Kier molecular flexibility index (Phi) is 4.12. The molecular formula is C8H9N3O4S2. The number of hydrogen-bond donors (Lipinski definition) is 4. The first-order valence-corrected chi connectivity index (χ1v) is 6.14. The molecule has 1 aromatic rings. The van der Waals surface area contributed by atoms with Crippen molar-refractivity contribution in [1.82, 2.24) is 5.43 Å². The van der Waals surface area contributed by atoms with E-state index in [2.05, 4.69) is 17.5 Å². The second-order valence-corrected chi connectivity index (χ2v) is 4.58. The van der Waals surface area contributed by atoms with Gasteiger partial charge in [0.15, 0.2) is 0 Å². The molecule has 0 unspecified atom stereocenters. The number of nitrogens with one attached hydrogen (secondary N) is 2. The summed E-state index contributed by atoms with van der Waals surface area (Å²) in [6.45, 7) is 0. The first-order valence-electron chi connectivity index (χ1n) is 4.23. The zero-order valence-electron chi connectivity index (χ0n) is 8.38. The third-order valence-corrected chi connectivity index (χ3v) is 2.85. The van der Waals surface area contributed by atoms with Crippen molar-refractivity contribution in [2.24, 2.45) is 5.84 Å². The molecule has 1 aromatic carbocycles. The highest BCUT2D eigenvalue weighted by atomic mass is 32.2. The average molecular weight is 275 g/mol. The number of thiocarbonyl (C=S) groups is 1. The lowest BCUT2D eigenvalue weighted by Crippen LogP contribution is -2.30. The topological polar surface area (TPSA) is 122 Å². The van der Waals surface area contributed by atoms with E-state index >= 15 is 0 Å². The van der Waals surface area contributed by atoms with Crippen LogP contribution < -0.4 is 16.6 Å². The molecule has 0 aromatic heterocycles. The quantitative estimate of drug-likeness (QED) is 0.199. The molecule has 0 saturated carbocycles. The standard InChI is InChI=1S/C8H9N3O4S2/c9-11-8(12)6-3-5(17(13,14)15)1-2-7(6)10-4-16/h1-4H,9H2,(H,10,16)(H,11,12)(H,13,14,15). The highest BCUT2D eigenvalue weighted by molar-refractivity contribution is 7.85. The van der Waals surface area contributed by atoms with Gasteiger partial charge in [0.25, 0.3) is 16.0 Å². The number of carbonyl (C=O) groups excluding carboxylic acids is 1. The number of anilines is 1. The summed E-state index contributed by atoms with van der Waals surface area (Å²) < 4.78 is 30.7. The van der Waals surface area contributed by atoms with Gasteiger partial charge in [0.1, 0.15) is 0 Å². The van der Waals surface area contributed by atoms with Gasteiger partial charge in [-0.3, -0.25) is 14.8 Å². The molecule has 0 saturated heterocycles. The first kappa shape index (κ1) is 13.5. The molecule has 0 fully saturated rings. The van der Waals surface area contributed by atoms with Crippen LogP contribution in [0.3, 0.4) is 0 Å². The molecule has 0 aliphatic rings. The van der Waals surface area contributed by atoms with E-state index in [1.54, 1.807) is 0 Å². The fraction of sp³-hybridized carbons (Fsp3) is 0. The molecular weight excluding hydrogens is 266 g/mol. The third-order valence-electron chi connectivity index (χ3n) is 1.88. The molecule has 1 rings (SSSR count). The van der Waals surface area contributed by atoms with Crippen LogP contribution in [0.1, 0.15) is 10.4 Å². The molecule has 17 heavy (non-hydrogen) atoms. The number of carbonyl (C=O) groups is 1. The van der Waals surface area contributed by atoms with Crippen LogP contribution in [0.4, 0.5) is 5.69 Å². The summed E-state index contributed by atoms with van der Waals surface area (Å²) in [6, 6.07) is 3.40. The van der Waals surface area contributed by atoms with Gasteiger partial charge in [-0.1, -0.05) is 12.2 Å². The normalized spacial score (nSPS) is 10.7. The minimum Gasteiger partial charge on any atom is -0.352 e. The van der Waals surface area contributed by atoms with Gasteiger partial charge >= 0.3 is 0 Å². The van der Waals surface area contributed by atoms with Crippen molar-refractivity contribution in [2.45, 2.75) is 4.90 Å². The molecule has 0 atom stereocenters. The zero-order chi connectivity index (χ0) is 13.1. The maximum atomic E-state index is 11.4. The van der Waals surface area contributed by atoms with Gasteiger partial charge < -0.3 is 5.32 Å². The number of amides is 1. The summed E-state index contributed by atoms with van der Waals surface area (Å²) in [6.07, 6.45) is 0. The van der Waals surface area contributed by atoms with Crippen molar-refractivity contribution in [3.8, 4) is 0 Å². The Morgan fingerprint density at radius 2 is 2.12 bits per heavy atom. The number of rotatable bonds is 4. The summed E-state index contributed by atoms with van der Waals surface area (Å²) in [7, 11) is -4.38. The van der Waals surface area contributed by atoms with Crippen LogP contribution in [0.15, 0.2) is 23.1 Å². The molecule has 0 heterocycles. The second-order valence-electron chi connectivity index (χ2n) is 2.92. The number of nitrogen functional groups attached to an aromatic ring is 1. The lowest BCUT2D eigenvalue weighted by atomic mass is 10.1. The molecule has 0 aliphatic heterocycles. The van der Waals surface area contributed by atoms with Crippen LogP contribution in [-0.2, 0) is 10.1 Å². The fourth-order valence-electron chi connectivity index (χ4n) is 1.14. The van der Waals surface area contributed by atoms with Crippen LogP contribution in [0.25, 0.3) is 0 Å². The van der Waals surface area contributed by atoms with Gasteiger partial charge in [-0.15, -0.1) is 0 Å². The van der Waals surface area contributed by atoms with Gasteiger partial charge in [0.05, 0.1) is 21.6 Å².